The summed E-state index contributed by atoms with van der Waals surface area (Å²) in [5, 5.41) is 6.89. The molecule has 36 heavy (non-hydrogen) atoms. The zero-order valence-corrected chi connectivity index (χ0v) is 20.2. The van der Waals surface area contributed by atoms with Crippen LogP contribution in [0.5, 0.6) is 11.5 Å². The maximum Gasteiger partial charge on any atom is 0.243 e. The van der Waals surface area contributed by atoms with Crippen molar-refractivity contribution in [2.24, 2.45) is 0 Å². The highest BCUT2D eigenvalue weighted by Crippen LogP contribution is 2.51. The number of halogens is 1. The van der Waals surface area contributed by atoms with E-state index in [0.29, 0.717) is 53.5 Å². The molecule has 3 heterocycles. The number of carbonyl (C=O) groups excluding carboxylic acids is 1. The summed E-state index contributed by atoms with van der Waals surface area (Å²) in [5.74, 6) is 0.613. The number of rotatable bonds is 8. The number of ether oxygens (including phenoxy) is 3. The van der Waals surface area contributed by atoms with Crippen LogP contribution in [0.4, 0.5) is 10.3 Å². The minimum atomic E-state index is -0.462. The van der Waals surface area contributed by atoms with Gasteiger partial charge in [-0.25, -0.2) is 14.4 Å². The quantitative estimate of drug-likeness (QED) is 0.459. The summed E-state index contributed by atoms with van der Waals surface area (Å²) in [4.78, 5) is 25.4. The maximum absolute atomic E-state index is 15.5. The molecule has 0 spiro atoms. The van der Waals surface area contributed by atoms with Gasteiger partial charge in [0.25, 0.3) is 0 Å². The van der Waals surface area contributed by atoms with Gasteiger partial charge in [-0.2, -0.15) is 0 Å². The van der Waals surface area contributed by atoms with Crippen LogP contribution in [0.2, 0.25) is 0 Å². The van der Waals surface area contributed by atoms with Crippen LogP contribution in [0.25, 0.3) is 22.2 Å². The van der Waals surface area contributed by atoms with Crippen LogP contribution in [-0.4, -0.2) is 60.4 Å². The van der Waals surface area contributed by atoms with E-state index < -0.39 is 5.82 Å². The molecule has 1 aliphatic carbocycles. The summed E-state index contributed by atoms with van der Waals surface area (Å²) >= 11 is 0. The summed E-state index contributed by atoms with van der Waals surface area (Å²) in [6.07, 6.45) is 7.13. The van der Waals surface area contributed by atoms with E-state index in [1.54, 1.807) is 31.6 Å². The molecule has 2 atom stereocenters. The molecule has 1 aromatic carbocycles. The normalized spacial score (nSPS) is 19.5. The molecular formula is C26H28FN5O4. The fraction of sp³-hybridized carbons (Fsp3) is 0.385. The van der Waals surface area contributed by atoms with E-state index in [4.69, 9.17) is 14.2 Å². The van der Waals surface area contributed by atoms with Crippen LogP contribution in [0.15, 0.2) is 37.2 Å². The van der Waals surface area contributed by atoms with Crippen LogP contribution in [-0.2, 0) is 9.53 Å². The third kappa shape index (κ3) is 4.68. The van der Waals surface area contributed by atoms with Crippen molar-refractivity contribution < 1.29 is 23.4 Å². The number of carbonyl (C=O) groups is 1. The number of amides is 1. The van der Waals surface area contributed by atoms with Gasteiger partial charge in [0.15, 0.2) is 11.6 Å². The van der Waals surface area contributed by atoms with Crippen LogP contribution in [0, 0.1) is 5.82 Å². The SMILES string of the molecule is C=CC(=O)N[C@H]1CCOC[C@H]1Nc1ncc2cc(-c3c(F)c(OC)cc(OC)c3C3CC3)ncc2n1. The van der Waals surface area contributed by atoms with Crippen LogP contribution >= 0.6 is 0 Å². The number of hydrogen-bond acceptors (Lipinski definition) is 8. The summed E-state index contributed by atoms with van der Waals surface area (Å²) < 4.78 is 31.9. The lowest BCUT2D eigenvalue weighted by Crippen LogP contribution is -2.52. The van der Waals surface area contributed by atoms with Crippen molar-refractivity contribution in [1.82, 2.24) is 20.3 Å². The van der Waals surface area contributed by atoms with Crippen molar-refractivity contribution in [3.8, 4) is 22.8 Å². The van der Waals surface area contributed by atoms with Gasteiger partial charge in [0.2, 0.25) is 11.9 Å². The Hall–Kier alpha value is -3.79. The molecule has 0 bridgehead atoms. The van der Waals surface area contributed by atoms with Crippen molar-refractivity contribution in [3.63, 3.8) is 0 Å². The van der Waals surface area contributed by atoms with Gasteiger partial charge >= 0.3 is 0 Å². The third-order valence-electron chi connectivity index (χ3n) is 6.56. The van der Waals surface area contributed by atoms with E-state index in [0.717, 1.165) is 18.4 Å². The summed E-state index contributed by atoms with van der Waals surface area (Å²) in [6.45, 7) is 4.47. The Morgan fingerprint density at radius 3 is 2.67 bits per heavy atom. The van der Waals surface area contributed by atoms with E-state index in [1.807, 2.05) is 0 Å². The lowest BCUT2D eigenvalue weighted by atomic mass is 9.97. The summed E-state index contributed by atoms with van der Waals surface area (Å²) in [7, 11) is 3.00. The molecular weight excluding hydrogens is 465 g/mol. The van der Waals surface area contributed by atoms with Crippen molar-refractivity contribution in [3.05, 3.63) is 48.6 Å². The molecule has 1 amide bonds. The number of nitrogens with one attached hydrogen (secondary N) is 2. The second kappa shape index (κ2) is 10.1. The Balaban J connectivity index is 1.46. The third-order valence-corrected chi connectivity index (χ3v) is 6.56. The number of fused-ring (bicyclic) bond motifs is 1. The molecule has 0 unspecified atom stereocenters. The maximum atomic E-state index is 15.5. The van der Waals surface area contributed by atoms with Gasteiger partial charge in [-0.1, -0.05) is 6.58 Å². The Bertz CT molecular complexity index is 1310. The highest BCUT2D eigenvalue weighted by molar-refractivity contribution is 5.87. The monoisotopic (exact) mass is 493 g/mol. The molecule has 2 N–H and O–H groups in total. The first-order valence-electron chi connectivity index (χ1n) is 11.9. The first kappa shape index (κ1) is 23.9. The number of pyridine rings is 1. The molecule has 1 saturated heterocycles. The van der Waals surface area contributed by atoms with E-state index in [1.165, 1.54) is 13.2 Å². The van der Waals surface area contributed by atoms with Gasteiger partial charge in [0.1, 0.15) is 5.75 Å². The van der Waals surface area contributed by atoms with Gasteiger partial charge < -0.3 is 24.8 Å². The van der Waals surface area contributed by atoms with Crippen LogP contribution in [0.1, 0.15) is 30.7 Å². The topological polar surface area (TPSA) is 107 Å². The lowest BCUT2D eigenvalue weighted by Gasteiger charge is -2.32. The van der Waals surface area contributed by atoms with Gasteiger partial charge in [0.05, 0.1) is 50.3 Å². The van der Waals surface area contributed by atoms with Crippen molar-refractivity contribution in [2.45, 2.75) is 37.3 Å². The number of aromatic nitrogens is 3. The van der Waals surface area contributed by atoms with E-state index >= 15 is 4.39 Å². The zero-order valence-electron chi connectivity index (χ0n) is 20.2. The van der Waals surface area contributed by atoms with E-state index in [9.17, 15) is 4.79 Å². The largest absolute Gasteiger partial charge is 0.496 e. The molecule has 1 aliphatic heterocycles. The summed E-state index contributed by atoms with van der Waals surface area (Å²) in [5.41, 5.74) is 2.27. The first-order chi connectivity index (χ1) is 17.5. The molecule has 2 aromatic heterocycles. The molecule has 0 radical (unpaired) electrons. The molecule has 2 aliphatic rings. The summed E-state index contributed by atoms with van der Waals surface area (Å²) in [6, 6.07) is 3.02. The molecule has 9 nitrogen and oxygen atoms in total. The molecule has 1 saturated carbocycles. The number of hydrogen-bond donors (Lipinski definition) is 2. The number of methoxy groups -OCH3 is 2. The van der Waals surface area contributed by atoms with E-state index in [-0.39, 0.29) is 29.7 Å². The molecule has 188 valence electrons. The zero-order chi connectivity index (χ0) is 25.2. The molecule has 3 aromatic rings. The fourth-order valence-corrected chi connectivity index (χ4v) is 4.57. The predicted octanol–water partition coefficient (Wildman–Crippen LogP) is 3.60. The Morgan fingerprint density at radius 2 is 1.94 bits per heavy atom. The Kier molecular flexibility index (Phi) is 6.69. The highest BCUT2D eigenvalue weighted by atomic mass is 19.1. The minimum absolute atomic E-state index is 0.108. The molecule has 10 heteroatoms. The van der Waals surface area contributed by atoms with Gasteiger partial charge in [0, 0.05) is 35.4 Å². The van der Waals surface area contributed by atoms with Crippen molar-refractivity contribution in [2.75, 3.05) is 32.8 Å². The lowest BCUT2D eigenvalue weighted by molar-refractivity contribution is -0.117. The highest BCUT2D eigenvalue weighted by Gasteiger charge is 2.34. The van der Waals surface area contributed by atoms with Crippen molar-refractivity contribution in [1.29, 1.82) is 0 Å². The predicted molar refractivity (Wildman–Crippen MR) is 133 cm³/mol. The Morgan fingerprint density at radius 1 is 1.14 bits per heavy atom. The number of nitrogens with zero attached hydrogens (tertiary/aromatic N) is 3. The second-order valence-corrected chi connectivity index (χ2v) is 8.91. The van der Waals surface area contributed by atoms with Crippen LogP contribution < -0.4 is 20.1 Å². The molecule has 5 rings (SSSR count). The van der Waals surface area contributed by atoms with Crippen molar-refractivity contribution >= 4 is 22.8 Å². The van der Waals surface area contributed by atoms with Gasteiger partial charge in [-0.05, 0) is 37.3 Å². The number of anilines is 1. The minimum Gasteiger partial charge on any atom is -0.496 e. The van der Waals surface area contributed by atoms with Gasteiger partial charge in [-0.3, -0.25) is 9.78 Å². The average molecular weight is 494 g/mol. The van der Waals surface area contributed by atoms with Gasteiger partial charge in [-0.15, -0.1) is 0 Å². The molecule has 2 fully saturated rings. The Labute approximate surface area is 208 Å². The second-order valence-electron chi connectivity index (χ2n) is 8.91. The standard InChI is InChI=1S/C26H28FN5O4/c1-4-22(33)30-16-7-8-36-13-19(16)32-26-29-11-15-9-17(28-12-18(15)31-26)24-23(14-5-6-14)20(34-2)10-21(35-3)25(24)27/h4,9-12,14,16,19H,1,5-8,13H2,2-3H3,(H,30,33)(H,29,31,32)/t16-,19+/m0/s1. The fourth-order valence-electron chi connectivity index (χ4n) is 4.57. The first-order valence-corrected chi connectivity index (χ1v) is 11.9. The smallest absolute Gasteiger partial charge is 0.243 e. The van der Waals surface area contributed by atoms with E-state index in [2.05, 4.69) is 32.2 Å². The average Bonchev–Trinajstić information content (AvgIpc) is 3.74. The van der Waals surface area contributed by atoms with Crippen LogP contribution in [0.3, 0.4) is 0 Å². The number of benzene rings is 1.